The zero-order valence-corrected chi connectivity index (χ0v) is 30.5. The first-order valence-electron chi connectivity index (χ1n) is 18.4. The van der Waals surface area contributed by atoms with Crippen LogP contribution in [-0.4, -0.2) is 59.3 Å². The van der Waals surface area contributed by atoms with Crippen LogP contribution < -0.4 is 0 Å². The Labute approximate surface area is 311 Å². The summed E-state index contributed by atoms with van der Waals surface area (Å²) in [6.07, 6.45) is -5.66. The van der Waals surface area contributed by atoms with Gasteiger partial charge in [-0.2, -0.15) is 0 Å². The van der Waals surface area contributed by atoms with Crippen LogP contribution in [0, 0.1) is 10.8 Å². The molecule has 2 bridgehead atoms. The minimum Gasteiger partial charge on any atom is -0.454 e. The fraction of sp³-hybridized carbons (Fsp3) is 0.409. The van der Waals surface area contributed by atoms with Gasteiger partial charge in [0, 0.05) is 5.41 Å². The smallest absolute Gasteiger partial charge is 0.351 e. The molecular weight excluding hydrogens is 672 g/mol. The van der Waals surface area contributed by atoms with E-state index in [0.29, 0.717) is 12.8 Å². The van der Waals surface area contributed by atoms with Gasteiger partial charge in [0.25, 0.3) is 0 Å². The number of hydrogen-bond acceptors (Lipinski definition) is 9. The SMILES string of the molecule is CC1(C)[C@@]2(C)CC[C@]1(C(=O)O[C@@H]1[C@H](O)[C@H](OCc3ccccc3)[C@@H](OCc3ccccc3)[C@H](OCc3ccccc3)[C@H]1OCc1ccccc1)OC2=O. The van der Waals surface area contributed by atoms with E-state index < -0.39 is 65.0 Å². The molecule has 9 nitrogen and oxygen atoms in total. The van der Waals surface area contributed by atoms with E-state index in [1.807, 2.05) is 142 Å². The van der Waals surface area contributed by atoms with Gasteiger partial charge in [-0.15, -0.1) is 0 Å². The molecule has 2 saturated carbocycles. The zero-order chi connectivity index (χ0) is 37.1. The fourth-order valence-corrected chi connectivity index (χ4v) is 8.02. The van der Waals surface area contributed by atoms with Crippen LogP contribution in [0.3, 0.4) is 0 Å². The van der Waals surface area contributed by atoms with Crippen molar-refractivity contribution in [2.24, 2.45) is 10.8 Å². The third kappa shape index (κ3) is 7.16. The average molecular weight is 721 g/mol. The largest absolute Gasteiger partial charge is 0.454 e. The van der Waals surface area contributed by atoms with Crippen molar-refractivity contribution < 1.29 is 43.1 Å². The summed E-state index contributed by atoms with van der Waals surface area (Å²) in [5, 5.41) is 12.4. The van der Waals surface area contributed by atoms with Crippen LogP contribution in [0.5, 0.6) is 0 Å². The molecule has 53 heavy (non-hydrogen) atoms. The lowest BCUT2D eigenvalue weighted by molar-refractivity contribution is -0.281. The van der Waals surface area contributed by atoms with Gasteiger partial charge >= 0.3 is 11.9 Å². The second-order valence-electron chi connectivity index (χ2n) is 15.1. The number of esters is 2. The maximum Gasteiger partial charge on any atom is 0.351 e. The summed E-state index contributed by atoms with van der Waals surface area (Å²) in [6.45, 7) is 6.28. The molecule has 0 unspecified atom stereocenters. The van der Waals surface area contributed by atoms with Crippen molar-refractivity contribution in [2.45, 2.75) is 102 Å². The van der Waals surface area contributed by atoms with Crippen molar-refractivity contribution in [2.75, 3.05) is 0 Å². The highest BCUT2D eigenvalue weighted by atomic mass is 16.6. The number of ether oxygens (including phenoxy) is 6. The number of aliphatic hydroxyl groups is 1. The average Bonchev–Trinajstić information content (AvgIpc) is 3.48. The van der Waals surface area contributed by atoms with Crippen LogP contribution in [0.4, 0.5) is 0 Å². The summed E-state index contributed by atoms with van der Waals surface area (Å²) in [7, 11) is 0. The molecule has 7 rings (SSSR count). The summed E-state index contributed by atoms with van der Waals surface area (Å²) in [4.78, 5) is 27.7. The second-order valence-corrected chi connectivity index (χ2v) is 15.1. The predicted octanol–water partition coefficient (Wildman–Crippen LogP) is 6.74. The molecule has 3 fully saturated rings. The van der Waals surface area contributed by atoms with E-state index in [4.69, 9.17) is 28.4 Å². The van der Waals surface area contributed by atoms with Crippen molar-refractivity contribution in [1.29, 1.82) is 0 Å². The van der Waals surface area contributed by atoms with E-state index in [9.17, 15) is 14.7 Å². The molecule has 4 aromatic carbocycles. The van der Waals surface area contributed by atoms with Crippen molar-refractivity contribution >= 4 is 11.9 Å². The van der Waals surface area contributed by atoms with Gasteiger partial charge < -0.3 is 33.5 Å². The Morgan fingerprint density at radius 2 is 0.943 bits per heavy atom. The minimum absolute atomic E-state index is 0.141. The quantitative estimate of drug-likeness (QED) is 0.142. The van der Waals surface area contributed by atoms with Gasteiger partial charge in [0.15, 0.2) is 6.10 Å². The van der Waals surface area contributed by atoms with Gasteiger partial charge in [-0.05, 0) is 42.0 Å². The molecule has 3 aliphatic rings. The van der Waals surface area contributed by atoms with Crippen LogP contribution in [-0.2, 0) is 64.4 Å². The van der Waals surface area contributed by atoms with E-state index in [-0.39, 0.29) is 26.4 Å². The number of carbonyl (C=O) groups is 2. The van der Waals surface area contributed by atoms with E-state index >= 15 is 0 Å². The third-order valence-electron chi connectivity index (χ3n) is 11.8. The van der Waals surface area contributed by atoms with Crippen LogP contribution in [0.1, 0.15) is 55.9 Å². The van der Waals surface area contributed by atoms with Gasteiger partial charge in [0.05, 0.1) is 31.8 Å². The van der Waals surface area contributed by atoms with Crippen LogP contribution >= 0.6 is 0 Å². The minimum atomic E-state index is -1.52. The molecule has 0 amide bonds. The first-order valence-corrected chi connectivity index (χ1v) is 18.4. The molecule has 1 heterocycles. The highest BCUT2D eigenvalue weighted by molar-refractivity contribution is 5.93. The normalized spacial score (nSPS) is 30.2. The molecule has 9 heteroatoms. The first-order chi connectivity index (χ1) is 25.6. The van der Waals surface area contributed by atoms with Gasteiger partial charge in [0.1, 0.15) is 30.5 Å². The van der Waals surface area contributed by atoms with Gasteiger partial charge in [-0.1, -0.05) is 135 Å². The number of rotatable bonds is 14. The highest BCUT2D eigenvalue weighted by Crippen LogP contribution is 2.66. The van der Waals surface area contributed by atoms with E-state index in [2.05, 4.69) is 0 Å². The third-order valence-corrected chi connectivity index (χ3v) is 11.8. The molecule has 2 aliphatic carbocycles. The molecule has 1 N–H and O–H groups in total. The van der Waals surface area contributed by atoms with Gasteiger partial charge in [0.2, 0.25) is 5.60 Å². The molecule has 1 saturated heterocycles. The zero-order valence-electron chi connectivity index (χ0n) is 30.5. The van der Waals surface area contributed by atoms with Crippen LogP contribution in [0.25, 0.3) is 0 Å². The number of hydrogen-bond donors (Lipinski definition) is 1. The lowest BCUT2D eigenvalue weighted by atomic mass is 9.66. The van der Waals surface area contributed by atoms with Crippen molar-refractivity contribution in [3.63, 3.8) is 0 Å². The molecule has 0 spiro atoms. The number of carbonyl (C=O) groups excluding carboxylic acids is 2. The monoisotopic (exact) mass is 720 g/mol. The lowest BCUT2D eigenvalue weighted by Gasteiger charge is -2.48. The molecule has 0 radical (unpaired) electrons. The Balaban J connectivity index is 1.27. The fourth-order valence-electron chi connectivity index (χ4n) is 8.02. The maximum absolute atomic E-state index is 14.5. The van der Waals surface area contributed by atoms with E-state index in [1.165, 1.54) is 0 Å². The van der Waals surface area contributed by atoms with Crippen molar-refractivity contribution in [3.05, 3.63) is 144 Å². The highest BCUT2D eigenvalue weighted by Gasteiger charge is 2.77. The maximum atomic E-state index is 14.5. The summed E-state index contributed by atoms with van der Waals surface area (Å²) in [5.41, 5.74) is 0.388. The second kappa shape index (κ2) is 15.5. The lowest BCUT2D eigenvalue weighted by Crippen LogP contribution is -2.68. The Morgan fingerprint density at radius 1 is 0.585 bits per heavy atom. The van der Waals surface area contributed by atoms with Crippen LogP contribution in [0.2, 0.25) is 0 Å². The van der Waals surface area contributed by atoms with Gasteiger partial charge in [-0.25, -0.2) is 4.79 Å². The van der Waals surface area contributed by atoms with Crippen molar-refractivity contribution in [3.8, 4) is 0 Å². The number of benzene rings is 4. The summed E-state index contributed by atoms with van der Waals surface area (Å²) < 4.78 is 39.0. The van der Waals surface area contributed by atoms with Crippen molar-refractivity contribution in [1.82, 2.24) is 0 Å². The number of aliphatic hydroxyl groups excluding tert-OH is 1. The molecule has 0 aromatic heterocycles. The summed E-state index contributed by atoms with van der Waals surface area (Å²) >= 11 is 0. The molecule has 8 atom stereocenters. The topological polar surface area (TPSA) is 110 Å². The number of fused-ring (bicyclic) bond motifs is 2. The molecule has 1 aliphatic heterocycles. The standard InChI is InChI=1S/C44H48O9/c1-42(2)43(3)24-25-44(42,53-40(43)46)41(47)52-36-34(45)35(48-26-30-16-8-4-9-17-30)37(49-27-31-18-10-5-11-19-31)39(51-29-33-22-14-7-15-23-33)38(36)50-28-32-20-12-6-13-21-32/h4-23,34-39,45H,24-29H2,1-3H3/t34-,35+,36-,37-,38+,39+,43+,44-/m1/s1. The predicted molar refractivity (Wildman–Crippen MR) is 196 cm³/mol. The van der Waals surface area contributed by atoms with E-state index in [1.54, 1.807) is 0 Å². The van der Waals surface area contributed by atoms with Crippen LogP contribution in [0.15, 0.2) is 121 Å². The molecule has 4 aromatic rings. The first kappa shape index (κ1) is 37.0. The Hall–Kier alpha value is -4.38. The van der Waals surface area contributed by atoms with Gasteiger partial charge in [-0.3, -0.25) is 4.79 Å². The Bertz CT molecular complexity index is 1820. The molecule has 278 valence electrons. The Kier molecular flexibility index (Phi) is 10.8. The Morgan fingerprint density at radius 3 is 1.30 bits per heavy atom. The summed E-state index contributed by atoms with van der Waals surface area (Å²) in [6, 6.07) is 38.8. The summed E-state index contributed by atoms with van der Waals surface area (Å²) in [5.74, 6) is -1.14. The van der Waals surface area contributed by atoms with E-state index in [0.717, 1.165) is 22.3 Å². The molecular formula is C44H48O9.